The highest BCUT2D eigenvalue weighted by atomic mass is 16.7. The Balaban J connectivity index is 1.42. The van der Waals surface area contributed by atoms with Gasteiger partial charge in [0.2, 0.25) is 0 Å². The van der Waals surface area contributed by atoms with Crippen molar-refractivity contribution >= 4 is 12.6 Å². The highest BCUT2D eigenvalue weighted by Crippen LogP contribution is 2.36. The van der Waals surface area contributed by atoms with E-state index in [1.165, 1.54) is 16.7 Å². The second kappa shape index (κ2) is 5.98. The van der Waals surface area contributed by atoms with Crippen LogP contribution in [0.4, 0.5) is 0 Å². The SMILES string of the molecule is CC1(C)OB(c2ccc(CN3Cc4ccccc4C3)cc2)OC1(C)C. The number of rotatable bonds is 3. The van der Waals surface area contributed by atoms with Crippen molar-refractivity contribution in [3.63, 3.8) is 0 Å². The van der Waals surface area contributed by atoms with E-state index in [9.17, 15) is 0 Å². The topological polar surface area (TPSA) is 21.7 Å². The molecule has 0 spiro atoms. The maximum Gasteiger partial charge on any atom is 0.494 e. The third-order valence-corrected chi connectivity index (χ3v) is 5.82. The van der Waals surface area contributed by atoms with Crippen molar-refractivity contribution in [2.45, 2.75) is 58.5 Å². The maximum absolute atomic E-state index is 6.13. The van der Waals surface area contributed by atoms with Crippen molar-refractivity contribution in [2.75, 3.05) is 0 Å². The molecule has 0 aliphatic carbocycles. The summed E-state index contributed by atoms with van der Waals surface area (Å²) in [7, 11) is -0.282. The van der Waals surface area contributed by atoms with Gasteiger partial charge in [0.15, 0.2) is 0 Å². The zero-order valence-corrected chi connectivity index (χ0v) is 15.6. The minimum Gasteiger partial charge on any atom is -0.399 e. The van der Waals surface area contributed by atoms with E-state index >= 15 is 0 Å². The standard InChI is InChI=1S/C21H26BNO2/c1-20(2)21(3,4)25-22(24-20)19-11-9-16(10-12-19)13-23-14-17-7-5-6-8-18(17)15-23/h5-12H,13-15H2,1-4H3. The summed E-state index contributed by atoms with van der Waals surface area (Å²) in [4.78, 5) is 2.48. The van der Waals surface area contributed by atoms with Crippen LogP contribution in [0.3, 0.4) is 0 Å². The molecule has 0 amide bonds. The first kappa shape index (κ1) is 16.8. The first-order chi connectivity index (χ1) is 11.8. The van der Waals surface area contributed by atoms with E-state index in [0.717, 1.165) is 25.1 Å². The molecule has 0 aromatic heterocycles. The number of benzene rings is 2. The van der Waals surface area contributed by atoms with Gasteiger partial charge in [0.1, 0.15) is 0 Å². The van der Waals surface area contributed by atoms with E-state index in [1.807, 2.05) is 0 Å². The first-order valence-electron chi connectivity index (χ1n) is 9.08. The predicted molar refractivity (Wildman–Crippen MR) is 102 cm³/mol. The molecule has 0 radical (unpaired) electrons. The van der Waals surface area contributed by atoms with E-state index in [-0.39, 0.29) is 18.3 Å². The molecule has 2 heterocycles. The average molecular weight is 335 g/mol. The first-order valence-corrected chi connectivity index (χ1v) is 9.08. The molecule has 0 bridgehead atoms. The summed E-state index contributed by atoms with van der Waals surface area (Å²) in [6, 6.07) is 17.4. The Kier molecular flexibility index (Phi) is 4.02. The van der Waals surface area contributed by atoms with Gasteiger partial charge in [0.25, 0.3) is 0 Å². The van der Waals surface area contributed by atoms with Crippen molar-refractivity contribution in [3.8, 4) is 0 Å². The molecule has 0 N–H and O–H groups in total. The molecule has 2 aromatic rings. The van der Waals surface area contributed by atoms with E-state index < -0.39 is 0 Å². The number of fused-ring (bicyclic) bond motifs is 1. The van der Waals surface area contributed by atoms with Gasteiger partial charge in [-0.25, -0.2) is 0 Å². The molecule has 3 nitrogen and oxygen atoms in total. The normalized spacial score (nSPS) is 21.5. The van der Waals surface area contributed by atoms with Crippen LogP contribution in [0.2, 0.25) is 0 Å². The molecule has 1 fully saturated rings. The van der Waals surface area contributed by atoms with Crippen LogP contribution in [0.5, 0.6) is 0 Å². The second-order valence-corrected chi connectivity index (χ2v) is 8.24. The molecule has 130 valence electrons. The summed E-state index contributed by atoms with van der Waals surface area (Å²) in [6.07, 6.45) is 0. The lowest BCUT2D eigenvalue weighted by atomic mass is 9.79. The van der Waals surface area contributed by atoms with E-state index in [4.69, 9.17) is 9.31 Å². The summed E-state index contributed by atoms with van der Waals surface area (Å²) in [5.41, 5.74) is 4.74. The zero-order chi connectivity index (χ0) is 17.7. The lowest BCUT2D eigenvalue weighted by Crippen LogP contribution is -2.41. The largest absolute Gasteiger partial charge is 0.494 e. The Morgan fingerprint density at radius 2 is 1.36 bits per heavy atom. The molecule has 0 unspecified atom stereocenters. The molecular weight excluding hydrogens is 309 g/mol. The second-order valence-electron chi connectivity index (χ2n) is 8.24. The summed E-state index contributed by atoms with van der Waals surface area (Å²) >= 11 is 0. The van der Waals surface area contributed by atoms with Crippen molar-refractivity contribution in [3.05, 3.63) is 65.2 Å². The van der Waals surface area contributed by atoms with Gasteiger partial charge >= 0.3 is 7.12 Å². The highest BCUT2D eigenvalue weighted by Gasteiger charge is 2.51. The van der Waals surface area contributed by atoms with Gasteiger partial charge in [-0.3, -0.25) is 4.90 Å². The van der Waals surface area contributed by atoms with Gasteiger partial charge in [-0.2, -0.15) is 0 Å². The molecule has 0 atom stereocenters. The lowest BCUT2D eigenvalue weighted by molar-refractivity contribution is 0.00578. The number of nitrogens with zero attached hydrogens (tertiary/aromatic N) is 1. The fourth-order valence-electron chi connectivity index (χ4n) is 3.53. The van der Waals surface area contributed by atoms with Crippen molar-refractivity contribution in [1.82, 2.24) is 4.90 Å². The van der Waals surface area contributed by atoms with Crippen LogP contribution in [-0.4, -0.2) is 23.2 Å². The molecule has 1 saturated heterocycles. The van der Waals surface area contributed by atoms with Gasteiger partial charge in [-0.15, -0.1) is 0 Å². The number of hydrogen-bond donors (Lipinski definition) is 0. The Bertz CT molecular complexity index is 729. The minimum atomic E-state index is -0.294. The Hall–Kier alpha value is -1.62. The predicted octanol–water partition coefficient (Wildman–Crippen LogP) is 3.50. The van der Waals surface area contributed by atoms with Crippen LogP contribution in [0, 0.1) is 0 Å². The summed E-state index contributed by atoms with van der Waals surface area (Å²) in [6.45, 7) is 11.4. The maximum atomic E-state index is 6.13. The van der Waals surface area contributed by atoms with Gasteiger partial charge in [-0.05, 0) is 49.8 Å². The minimum absolute atomic E-state index is 0.282. The van der Waals surface area contributed by atoms with Gasteiger partial charge in [0, 0.05) is 19.6 Å². The van der Waals surface area contributed by atoms with E-state index in [0.29, 0.717) is 0 Å². The molecule has 2 aliphatic heterocycles. The summed E-state index contributed by atoms with van der Waals surface area (Å²) < 4.78 is 12.3. The Morgan fingerprint density at radius 1 is 0.840 bits per heavy atom. The van der Waals surface area contributed by atoms with Gasteiger partial charge in [0.05, 0.1) is 11.2 Å². The van der Waals surface area contributed by atoms with Crippen LogP contribution in [0.15, 0.2) is 48.5 Å². The smallest absolute Gasteiger partial charge is 0.399 e. The molecule has 2 aliphatic rings. The fraction of sp³-hybridized carbons (Fsp3) is 0.429. The Labute approximate surface area is 151 Å². The summed E-state index contributed by atoms with van der Waals surface area (Å²) in [5, 5.41) is 0. The lowest BCUT2D eigenvalue weighted by Gasteiger charge is -2.32. The van der Waals surface area contributed by atoms with Crippen molar-refractivity contribution in [1.29, 1.82) is 0 Å². The molecule has 4 rings (SSSR count). The van der Waals surface area contributed by atoms with Crippen molar-refractivity contribution in [2.24, 2.45) is 0 Å². The van der Waals surface area contributed by atoms with Gasteiger partial charge in [-0.1, -0.05) is 48.5 Å². The third kappa shape index (κ3) is 3.14. The highest BCUT2D eigenvalue weighted by molar-refractivity contribution is 6.62. The monoisotopic (exact) mass is 335 g/mol. The van der Waals surface area contributed by atoms with E-state index in [2.05, 4.69) is 81.1 Å². The fourth-order valence-corrected chi connectivity index (χ4v) is 3.53. The van der Waals surface area contributed by atoms with Crippen LogP contribution in [0.25, 0.3) is 0 Å². The molecule has 25 heavy (non-hydrogen) atoms. The van der Waals surface area contributed by atoms with Crippen LogP contribution in [0.1, 0.15) is 44.4 Å². The molecule has 4 heteroatoms. The van der Waals surface area contributed by atoms with Gasteiger partial charge < -0.3 is 9.31 Å². The average Bonchev–Trinajstić information content (AvgIpc) is 3.05. The Morgan fingerprint density at radius 3 is 1.88 bits per heavy atom. The zero-order valence-electron chi connectivity index (χ0n) is 15.6. The molecular formula is C21H26BNO2. The van der Waals surface area contributed by atoms with Crippen molar-refractivity contribution < 1.29 is 9.31 Å². The van der Waals surface area contributed by atoms with Crippen LogP contribution >= 0.6 is 0 Å². The molecule has 0 saturated carbocycles. The molecule has 2 aromatic carbocycles. The van der Waals surface area contributed by atoms with E-state index in [1.54, 1.807) is 0 Å². The van der Waals surface area contributed by atoms with Crippen LogP contribution in [-0.2, 0) is 28.9 Å². The number of hydrogen-bond acceptors (Lipinski definition) is 3. The quantitative estimate of drug-likeness (QED) is 0.802. The summed E-state index contributed by atoms with van der Waals surface area (Å²) in [5.74, 6) is 0. The van der Waals surface area contributed by atoms with Crippen LogP contribution < -0.4 is 5.46 Å². The third-order valence-electron chi connectivity index (χ3n) is 5.82.